The summed E-state index contributed by atoms with van der Waals surface area (Å²) in [6.07, 6.45) is 27.4. The topological polar surface area (TPSA) is 0 Å². The zero-order valence-corrected chi connectivity index (χ0v) is 14.4. The average molecular weight is 311 g/mol. The van der Waals surface area contributed by atoms with E-state index in [2.05, 4.69) is 55.5 Å². The third kappa shape index (κ3) is 3.89. The van der Waals surface area contributed by atoms with Crippen LogP contribution in [-0.4, -0.2) is 0 Å². The van der Waals surface area contributed by atoms with Crippen LogP contribution in [0.5, 0.6) is 0 Å². The Balaban J connectivity index is 0.000000174. The van der Waals surface area contributed by atoms with E-state index >= 15 is 0 Å². The van der Waals surface area contributed by atoms with E-state index in [0.29, 0.717) is 0 Å². The molecule has 1 heteroatoms. The van der Waals surface area contributed by atoms with Gasteiger partial charge in [0.2, 0.25) is 0 Å². The first-order valence-electron chi connectivity index (χ1n) is 8.67. The molecule has 116 valence electrons. The fourth-order valence-electron chi connectivity index (χ4n) is 3.28. The molecule has 0 radical (unpaired) electrons. The summed E-state index contributed by atoms with van der Waals surface area (Å²) in [4.78, 5) is 1.40. The molecule has 4 rings (SSSR count). The van der Waals surface area contributed by atoms with Gasteiger partial charge in [0, 0.05) is 9.41 Å². The lowest BCUT2D eigenvalue weighted by Gasteiger charge is -2.15. The van der Waals surface area contributed by atoms with Crippen LogP contribution in [0.1, 0.15) is 62.3 Å². The van der Waals surface area contributed by atoms with E-state index in [4.69, 9.17) is 0 Å². The molecule has 0 unspecified atom stereocenters. The van der Waals surface area contributed by atoms with Crippen molar-refractivity contribution in [2.24, 2.45) is 5.92 Å². The van der Waals surface area contributed by atoms with Gasteiger partial charge in [-0.3, -0.25) is 0 Å². The first kappa shape index (κ1) is 15.6. The second kappa shape index (κ2) is 7.78. The summed E-state index contributed by atoms with van der Waals surface area (Å²) in [7, 11) is 0. The molecule has 1 aromatic heterocycles. The van der Waals surface area contributed by atoms with Crippen LogP contribution in [0.3, 0.4) is 0 Å². The highest BCUT2D eigenvalue weighted by Gasteiger charge is 2.06. The minimum absolute atomic E-state index is 1.04. The van der Waals surface area contributed by atoms with Crippen LogP contribution in [0.15, 0.2) is 24.3 Å². The lowest BCUT2D eigenvalue weighted by molar-refractivity contribution is 0.385. The van der Waals surface area contributed by atoms with E-state index in [1.807, 2.05) is 11.3 Å². The molecular weight excluding hydrogens is 284 g/mol. The summed E-state index contributed by atoms with van der Waals surface area (Å²) < 4.78 is 1.42. The SMILES string of the molecule is C1=CCC=c2sc3c(c2=C1)C=CCC=C3.CC1CCCCC1. The van der Waals surface area contributed by atoms with E-state index < -0.39 is 0 Å². The van der Waals surface area contributed by atoms with Crippen molar-refractivity contribution >= 4 is 35.6 Å². The third-order valence-electron chi connectivity index (χ3n) is 4.60. The minimum atomic E-state index is 1.04. The monoisotopic (exact) mass is 310 g/mol. The molecule has 0 aromatic carbocycles. The van der Waals surface area contributed by atoms with Crippen molar-refractivity contribution < 1.29 is 0 Å². The standard InChI is InChI=1S/C14H12S.C7H14/c1-3-7-11-12-8-4-2-6-10-14(12)15-13(11)9-5-1;1-7-5-3-2-4-6-7/h1,3-4,6-10H,2,5H2;7H,2-6H2,1H3. The Morgan fingerprint density at radius 1 is 0.955 bits per heavy atom. The smallest absolute Gasteiger partial charge is 0.0352 e. The Morgan fingerprint density at radius 3 is 2.55 bits per heavy atom. The zero-order chi connectivity index (χ0) is 15.2. The van der Waals surface area contributed by atoms with Crippen molar-refractivity contribution in [2.75, 3.05) is 0 Å². The molecule has 0 aliphatic heterocycles. The van der Waals surface area contributed by atoms with E-state index in [9.17, 15) is 0 Å². The van der Waals surface area contributed by atoms with Crippen molar-refractivity contribution in [3.63, 3.8) is 0 Å². The van der Waals surface area contributed by atoms with Crippen molar-refractivity contribution in [1.82, 2.24) is 0 Å². The normalized spacial score (nSPS) is 19.7. The van der Waals surface area contributed by atoms with E-state index in [1.54, 1.807) is 0 Å². The molecule has 1 fully saturated rings. The van der Waals surface area contributed by atoms with Crippen LogP contribution >= 0.6 is 11.3 Å². The number of thiophene rings is 1. The summed E-state index contributed by atoms with van der Waals surface area (Å²) in [5.74, 6) is 1.04. The molecule has 3 aliphatic rings. The maximum absolute atomic E-state index is 2.36. The Labute approximate surface area is 138 Å². The molecule has 0 amide bonds. The molecule has 0 N–H and O–H groups in total. The average Bonchev–Trinajstić information content (AvgIpc) is 2.74. The summed E-state index contributed by atoms with van der Waals surface area (Å²) in [5, 5.41) is 1.39. The van der Waals surface area contributed by atoms with Crippen molar-refractivity contribution in [1.29, 1.82) is 0 Å². The largest absolute Gasteiger partial charge is 0.136 e. The summed E-state index contributed by atoms with van der Waals surface area (Å²) in [5.41, 5.74) is 1.39. The Kier molecular flexibility index (Phi) is 5.50. The Hall–Kier alpha value is -1.34. The van der Waals surface area contributed by atoms with Gasteiger partial charge in [-0.05, 0) is 35.6 Å². The fraction of sp³-hybridized carbons (Fsp3) is 0.429. The van der Waals surface area contributed by atoms with E-state index in [0.717, 1.165) is 18.8 Å². The van der Waals surface area contributed by atoms with Gasteiger partial charge >= 0.3 is 0 Å². The highest BCUT2D eigenvalue weighted by molar-refractivity contribution is 7.11. The minimum Gasteiger partial charge on any atom is -0.136 e. The van der Waals surface area contributed by atoms with Crippen molar-refractivity contribution in [3.8, 4) is 0 Å². The number of fused-ring (bicyclic) bond motifs is 3. The van der Waals surface area contributed by atoms with Crippen LogP contribution in [0, 0.1) is 5.92 Å². The molecule has 0 bridgehead atoms. The quantitative estimate of drug-likeness (QED) is 0.611. The van der Waals surface area contributed by atoms with Gasteiger partial charge in [0.15, 0.2) is 0 Å². The van der Waals surface area contributed by atoms with Gasteiger partial charge < -0.3 is 0 Å². The molecule has 0 saturated heterocycles. The predicted molar refractivity (Wildman–Crippen MR) is 101 cm³/mol. The van der Waals surface area contributed by atoms with Crippen molar-refractivity contribution in [2.45, 2.75) is 51.9 Å². The van der Waals surface area contributed by atoms with Crippen LogP contribution in [0.4, 0.5) is 0 Å². The van der Waals surface area contributed by atoms with E-state index in [-0.39, 0.29) is 0 Å². The second-order valence-corrected chi connectivity index (χ2v) is 7.56. The highest BCUT2D eigenvalue weighted by atomic mass is 32.1. The molecular formula is C21H26S. The maximum Gasteiger partial charge on any atom is 0.0352 e. The molecule has 1 saturated carbocycles. The molecule has 0 atom stereocenters. The summed E-state index contributed by atoms with van der Waals surface area (Å²) in [6.45, 7) is 2.36. The summed E-state index contributed by atoms with van der Waals surface area (Å²) in [6, 6.07) is 0. The Bertz CT molecular complexity index is 691. The molecule has 1 heterocycles. The molecule has 1 aromatic rings. The Morgan fingerprint density at radius 2 is 1.77 bits per heavy atom. The van der Waals surface area contributed by atoms with Gasteiger partial charge in [0.05, 0.1) is 0 Å². The van der Waals surface area contributed by atoms with Gasteiger partial charge in [-0.2, -0.15) is 0 Å². The van der Waals surface area contributed by atoms with Crippen LogP contribution < -0.4 is 9.75 Å². The first-order chi connectivity index (χ1) is 10.8. The zero-order valence-electron chi connectivity index (χ0n) is 13.6. The first-order valence-corrected chi connectivity index (χ1v) is 9.49. The van der Waals surface area contributed by atoms with Gasteiger partial charge in [-0.1, -0.05) is 81.6 Å². The summed E-state index contributed by atoms with van der Waals surface area (Å²) >= 11 is 1.90. The molecule has 3 aliphatic carbocycles. The molecule has 0 nitrogen and oxygen atoms in total. The highest BCUT2D eigenvalue weighted by Crippen LogP contribution is 2.22. The third-order valence-corrected chi connectivity index (χ3v) is 5.78. The van der Waals surface area contributed by atoms with E-state index in [1.165, 1.54) is 52.3 Å². The van der Waals surface area contributed by atoms with Crippen LogP contribution in [-0.2, 0) is 0 Å². The maximum atomic E-state index is 2.36. The van der Waals surface area contributed by atoms with Crippen molar-refractivity contribution in [3.05, 3.63) is 44.5 Å². The lowest BCUT2D eigenvalue weighted by Crippen LogP contribution is -2.19. The predicted octanol–water partition coefficient (Wildman–Crippen LogP) is 5.29. The van der Waals surface area contributed by atoms with Gasteiger partial charge in [-0.15, -0.1) is 11.3 Å². The number of hydrogen-bond donors (Lipinski definition) is 0. The number of hydrogen-bond acceptors (Lipinski definition) is 1. The number of rotatable bonds is 0. The molecule has 22 heavy (non-hydrogen) atoms. The lowest BCUT2D eigenvalue weighted by atomic mass is 9.91. The molecule has 0 spiro atoms. The van der Waals surface area contributed by atoms with Gasteiger partial charge in [-0.25, -0.2) is 0 Å². The van der Waals surface area contributed by atoms with Crippen LogP contribution in [0.2, 0.25) is 0 Å². The second-order valence-electron chi connectivity index (χ2n) is 6.48. The fourth-order valence-corrected chi connectivity index (χ4v) is 4.43. The van der Waals surface area contributed by atoms with Gasteiger partial charge in [0.1, 0.15) is 0 Å². The van der Waals surface area contributed by atoms with Crippen LogP contribution in [0.25, 0.3) is 24.3 Å². The number of allylic oxidation sites excluding steroid dienone is 4. The van der Waals surface area contributed by atoms with Gasteiger partial charge in [0.25, 0.3) is 0 Å².